The zero-order valence-corrected chi connectivity index (χ0v) is 10.6. The van der Waals surface area contributed by atoms with Crippen molar-refractivity contribution < 1.29 is 14.3 Å². The highest BCUT2D eigenvalue weighted by Crippen LogP contribution is 2.18. The maximum Gasteiger partial charge on any atom is 0.343 e. The molecule has 1 rings (SSSR count). The van der Waals surface area contributed by atoms with E-state index in [0.29, 0.717) is 18.7 Å². The van der Waals surface area contributed by atoms with Crippen molar-refractivity contribution >= 4 is 17.7 Å². The lowest BCUT2D eigenvalue weighted by Crippen LogP contribution is -2.17. The lowest BCUT2D eigenvalue weighted by atomic mass is 10.2. The smallest absolute Gasteiger partial charge is 0.343 e. The number of rotatable bonds is 5. The Bertz CT molecular complexity index is 453. The molecule has 0 saturated heterocycles. The number of aromatic nitrogens is 2. The molecule has 0 aliphatic carbocycles. The average molecular weight is 254 g/mol. The summed E-state index contributed by atoms with van der Waals surface area (Å²) >= 11 is 0. The highest BCUT2D eigenvalue weighted by molar-refractivity contribution is 5.97. The van der Waals surface area contributed by atoms with E-state index in [4.69, 9.17) is 16.2 Å². The Balaban J connectivity index is 3.00. The number of hydrogen-bond acceptors (Lipinski definition) is 6. The first kappa shape index (κ1) is 14.2. The molecule has 0 atom stereocenters. The third-order valence-corrected chi connectivity index (χ3v) is 2.41. The van der Waals surface area contributed by atoms with Crippen molar-refractivity contribution in [2.45, 2.75) is 26.7 Å². The standard InChI is InChI=1S/C11H18N4O3/c1-3-18-11(17)9-7(2)14-15(10(9)13)8(16)5-4-6-12/h3-6,12-13H2,1-2H3. The van der Waals surface area contributed by atoms with Crippen molar-refractivity contribution in [2.24, 2.45) is 5.73 Å². The van der Waals surface area contributed by atoms with Gasteiger partial charge in [0, 0.05) is 6.42 Å². The van der Waals surface area contributed by atoms with Gasteiger partial charge in [0.05, 0.1) is 12.3 Å². The van der Waals surface area contributed by atoms with Crippen molar-refractivity contribution in [3.05, 3.63) is 11.3 Å². The van der Waals surface area contributed by atoms with Crippen LogP contribution < -0.4 is 11.5 Å². The van der Waals surface area contributed by atoms with Gasteiger partial charge in [0.25, 0.3) is 0 Å². The number of nitrogens with zero attached hydrogens (tertiary/aromatic N) is 2. The lowest BCUT2D eigenvalue weighted by Gasteiger charge is -2.03. The minimum absolute atomic E-state index is 0.0213. The Morgan fingerprint density at radius 2 is 2.11 bits per heavy atom. The van der Waals surface area contributed by atoms with Gasteiger partial charge >= 0.3 is 5.97 Å². The van der Waals surface area contributed by atoms with Crippen LogP contribution in [0.2, 0.25) is 0 Å². The molecule has 1 aromatic heterocycles. The first-order valence-electron chi connectivity index (χ1n) is 5.78. The van der Waals surface area contributed by atoms with Gasteiger partial charge < -0.3 is 16.2 Å². The summed E-state index contributed by atoms with van der Waals surface area (Å²) in [5.74, 6) is -0.824. The maximum absolute atomic E-state index is 11.8. The van der Waals surface area contributed by atoms with Gasteiger partial charge in [-0.1, -0.05) is 0 Å². The summed E-state index contributed by atoms with van der Waals surface area (Å²) in [6, 6.07) is 0. The van der Waals surface area contributed by atoms with E-state index in [-0.39, 0.29) is 30.3 Å². The minimum Gasteiger partial charge on any atom is -0.462 e. The van der Waals surface area contributed by atoms with Gasteiger partial charge in [0.1, 0.15) is 11.4 Å². The van der Waals surface area contributed by atoms with Crippen LogP contribution in [0.1, 0.15) is 40.6 Å². The number of hydrogen-bond donors (Lipinski definition) is 2. The Hall–Kier alpha value is -1.89. The van der Waals surface area contributed by atoms with Gasteiger partial charge in [0.15, 0.2) is 0 Å². The summed E-state index contributed by atoms with van der Waals surface area (Å²) in [5.41, 5.74) is 11.6. The second-order valence-electron chi connectivity index (χ2n) is 3.76. The molecule has 4 N–H and O–H groups in total. The molecular formula is C11H18N4O3. The van der Waals surface area contributed by atoms with E-state index in [2.05, 4.69) is 5.10 Å². The number of ether oxygens (including phenoxy) is 1. The van der Waals surface area contributed by atoms with Crippen LogP contribution in [0.5, 0.6) is 0 Å². The van der Waals surface area contributed by atoms with Crippen LogP contribution >= 0.6 is 0 Å². The Kier molecular flexibility index (Phi) is 4.85. The van der Waals surface area contributed by atoms with Crippen LogP contribution in [0.4, 0.5) is 5.82 Å². The highest BCUT2D eigenvalue weighted by atomic mass is 16.5. The molecule has 0 radical (unpaired) electrons. The van der Waals surface area contributed by atoms with Gasteiger partial charge in [-0.2, -0.15) is 9.78 Å². The molecule has 0 aliphatic rings. The minimum atomic E-state index is -0.564. The van der Waals surface area contributed by atoms with Gasteiger partial charge in [-0.3, -0.25) is 4.79 Å². The third-order valence-electron chi connectivity index (χ3n) is 2.41. The zero-order chi connectivity index (χ0) is 13.7. The van der Waals surface area contributed by atoms with Crippen molar-refractivity contribution in [2.75, 3.05) is 18.9 Å². The molecule has 18 heavy (non-hydrogen) atoms. The van der Waals surface area contributed by atoms with Crippen LogP contribution in [-0.2, 0) is 4.74 Å². The second kappa shape index (κ2) is 6.15. The van der Waals surface area contributed by atoms with E-state index in [1.165, 1.54) is 0 Å². The number of aryl methyl sites for hydroxylation is 1. The molecule has 7 heteroatoms. The van der Waals surface area contributed by atoms with Crippen molar-refractivity contribution in [1.29, 1.82) is 0 Å². The number of carbonyl (C=O) groups is 2. The Morgan fingerprint density at radius 3 is 2.67 bits per heavy atom. The molecule has 0 aromatic carbocycles. The van der Waals surface area contributed by atoms with E-state index in [0.717, 1.165) is 4.68 Å². The van der Waals surface area contributed by atoms with Gasteiger partial charge in [0.2, 0.25) is 5.91 Å². The van der Waals surface area contributed by atoms with E-state index < -0.39 is 5.97 Å². The molecule has 1 heterocycles. The summed E-state index contributed by atoms with van der Waals surface area (Å²) in [5, 5.41) is 3.97. The normalized spacial score (nSPS) is 10.4. The SMILES string of the molecule is CCOC(=O)c1c(C)nn(C(=O)CCCN)c1N. The molecular weight excluding hydrogens is 236 g/mol. The number of nitrogen functional groups attached to an aromatic ring is 1. The predicted octanol–water partition coefficient (Wildman–Crippen LogP) is 0.330. The van der Waals surface area contributed by atoms with E-state index in [1.54, 1.807) is 13.8 Å². The molecule has 0 spiro atoms. The molecule has 0 unspecified atom stereocenters. The number of anilines is 1. The fourth-order valence-corrected chi connectivity index (χ4v) is 1.55. The number of esters is 1. The molecule has 1 aromatic rings. The van der Waals surface area contributed by atoms with Crippen LogP contribution in [-0.4, -0.2) is 34.8 Å². The van der Waals surface area contributed by atoms with Crippen molar-refractivity contribution in [1.82, 2.24) is 9.78 Å². The van der Waals surface area contributed by atoms with Crippen LogP contribution in [0.15, 0.2) is 0 Å². The molecule has 0 amide bonds. The van der Waals surface area contributed by atoms with Crippen molar-refractivity contribution in [3.8, 4) is 0 Å². The van der Waals surface area contributed by atoms with E-state index in [1.807, 2.05) is 0 Å². The maximum atomic E-state index is 11.8. The lowest BCUT2D eigenvalue weighted by molar-refractivity contribution is 0.0527. The largest absolute Gasteiger partial charge is 0.462 e. The number of carbonyl (C=O) groups excluding carboxylic acids is 2. The first-order valence-corrected chi connectivity index (χ1v) is 5.78. The molecule has 0 saturated carbocycles. The summed E-state index contributed by atoms with van der Waals surface area (Å²) in [6.45, 7) is 3.95. The zero-order valence-electron chi connectivity index (χ0n) is 10.6. The van der Waals surface area contributed by atoms with E-state index in [9.17, 15) is 9.59 Å². The molecule has 0 bridgehead atoms. The summed E-state index contributed by atoms with van der Waals surface area (Å²) < 4.78 is 5.90. The molecule has 100 valence electrons. The van der Waals surface area contributed by atoms with Crippen LogP contribution in [0.25, 0.3) is 0 Å². The summed E-state index contributed by atoms with van der Waals surface area (Å²) in [7, 11) is 0. The third kappa shape index (κ3) is 2.86. The summed E-state index contributed by atoms with van der Waals surface area (Å²) in [4.78, 5) is 23.4. The summed E-state index contributed by atoms with van der Waals surface area (Å²) in [6.07, 6.45) is 0.788. The Morgan fingerprint density at radius 1 is 1.44 bits per heavy atom. The molecule has 0 aliphatic heterocycles. The van der Waals surface area contributed by atoms with Gasteiger partial charge in [-0.15, -0.1) is 0 Å². The topological polar surface area (TPSA) is 113 Å². The van der Waals surface area contributed by atoms with Crippen LogP contribution in [0, 0.1) is 6.92 Å². The fourth-order valence-electron chi connectivity index (χ4n) is 1.55. The fraction of sp³-hybridized carbons (Fsp3) is 0.545. The molecule has 7 nitrogen and oxygen atoms in total. The van der Waals surface area contributed by atoms with E-state index >= 15 is 0 Å². The van der Waals surface area contributed by atoms with Crippen LogP contribution in [0.3, 0.4) is 0 Å². The van der Waals surface area contributed by atoms with Gasteiger partial charge in [-0.05, 0) is 26.8 Å². The van der Waals surface area contributed by atoms with Crippen molar-refractivity contribution in [3.63, 3.8) is 0 Å². The highest BCUT2D eigenvalue weighted by Gasteiger charge is 2.23. The monoisotopic (exact) mass is 254 g/mol. The average Bonchev–Trinajstić information content (AvgIpc) is 2.62. The molecule has 0 fully saturated rings. The predicted molar refractivity (Wildman–Crippen MR) is 66.2 cm³/mol. The number of nitrogens with two attached hydrogens (primary N) is 2. The Labute approximate surface area is 105 Å². The quantitative estimate of drug-likeness (QED) is 0.732. The second-order valence-corrected chi connectivity index (χ2v) is 3.76. The van der Waals surface area contributed by atoms with Gasteiger partial charge in [-0.25, -0.2) is 4.79 Å². The first-order chi connectivity index (χ1) is 8.52.